The minimum atomic E-state index is -3.65. The predicted molar refractivity (Wildman–Crippen MR) is 105 cm³/mol. The fourth-order valence-electron chi connectivity index (χ4n) is 3.29. The molecule has 1 amide bonds. The summed E-state index contributed by atoms with van der Waals surface area (Å²) < 4.78 is 27.1. The van der Waals surface area contributed by atoms with E-state index >= 15 is 0 Å². The number of Topliss-reactive ketones (excluding diaryl/α,β-unsaturated/α-hetero) is 1. The number of unbranched alkanes of at least 4 members (excludes halogenated alkanes) is 3. The molecule has 150 valence electrons. The van der Waals surface area contributed by atoms with Gasteiger partial charge in [0.2, 0.25) is 15.9 Å². The lowest BCUT2D eigenvalue weighted by Gasteiger charge is -2.30. The summed E-state index contributed by atoms with van der Waals surface area (Å²) in [6.07, 6.45) is 5.48. The molecule has 0 aliphatic carbocycles. The van der Waals surface area contributed by atoms with Gasteiger partial charge in [0.25, 0.3) is 0 Å². The second kappa shape index (κ2) is 9.99. The van der Waals surface area contributed by atoms with Crippen LogP contribution in [-0.2, 0) is 14.8 Å². The molecule has 1 aliphatic heterocycles. The van der Waals surface area contributed by atoms with Crippen LogP contribution in [0.15, 0.2) is 29.2 Å². The molecule has 0 atom stereocenters. The molecule has 1 heterocycles. The number of rotatable bonds is 9. The molecule has 6 nitrogen and oxygen atoms in total. The highest BCUT2D eigenvalue weighted by Gasteiger charge is 2.32. The van der Waals surface area contributed by atoms with E-state index in [2.05, 4.69) is 12.2 Å². The fraction of sp³-hybridized carbons (Fsp3) is 0.600. The van der Waals surface area contributed by atoms with Crippen LogP contribution in [0.3, 0.4) is 0 Å². The van der Waals surface area contributed by atoms with E-state index in [-0.39, 0.29) is 22.5 Å². The van der Waals surface area contributed by atoms with Crippen LogP contribution in [0.2, 0.25) is 0 Å². The number of carbonyl (C=O) groups is 2. The highest BCUT2D eigenvalue weighted by Crippen LogP contribution is 2.24. The topological polar surface area (TPSA) is 83.6 Å². The SMILES string of the molecule is CCCCCCNC(=O)C1CCN(S(=O)(=O)c2cccc(C(C)=O)c2)CC1. The van der Waals surface area contributed by atoms with E-state index in [1.807, 2.05) is 0 Å². The van der Waals surface area contributed by atoms with Crippen molar-refractivity contribution in [3.8, 4) is 0 Å². The number of sulfonamides is 1. The number of amides is 1. The Morgan fingerprint density at radius 1 is 1.15 bits per heavy atom. The standard InChI is InChI=1S/C20H30N2O4S/c1-3-4-5-6-12-21-20(24)17-10-13-22(14-11-17)27(25,26)19-9-7-8-18(15-19)16(2)23/h7-9,15,17H,3-6,10-14H2,1-2H3,(H,21,24). The third-order valence-electron chi connectivity index (χ3n) is 5.03. The van der Waals surface area contributed by atoms with Crippen molar-refractivity contribution in [1.29, 1.82) is 0 Å². The Bertz CT molecular complexity index is 753. The number of hydrogen-bond acceptors (Lipinski definition) is 4. The molecule has 7 heteroatoms. The van der Waals surface area contributed by atoms with Gasteiger partial charge in [0, 0.05) is 31.1 Å². The minimum Gasteiger partial charge on any atom is -0.356 e. The second-order valence-corrected chi connectivity index (χ2v) is 9.05. The highest BCUT2D eigenvalue weighted by molar-refractivity contribution is 7.89. The van der Waals surface area contributed by atoms with Crippen molar-refractivity contribution in [2.45, 2.75) is 57.3 Å². The van der Waals surface area contributed by atoms with E-state index in [0.717, 1.165) is 19.3 Å². The first-order valence-corrected chi connectivity index (χ1v) is 11.2. The van der Waals surface area contributed by atoms with Gasteiger partial charge in [0.05, 0.1) is 4.90 Å². The van der Waals surface area contributed by atoms with Crippen molar-refractivity contribution in [3.63, 3.8) is 0 Å². The molecule has 0 bridgehead atoms. The van der Waals surface area contributed by atoms with Gasteiger partial charge in [-0.25, -0.2) is 8.42 Å². The average Bonchev–Trinajstić information content (AvgIpc) is 2.68. The Balaban J connectivity index is 1.90. The number of nitrogens with zero attached hydrogens (tertiary/aromatic N) is 1. The molecule has 1 saturated heterocycles. The summed E-state index contributed by atoms with van der Waals surface area (Å²) in [4.78, 5) is 23.9. The molecule has 27 heavy (non-hydrogen) atoms. The lowest BCUT2D eigenvalue weighted by atomic mass is 9.97. The number of hydrogen-bond donors (Lipinski definition) is 1. The lowest BCUT2D eigenvalue weighted by molar-refractivity contribution is -0.126. The van der Waals surface area contributed by atoms with E-state index in [1.54, 1.807) is 12.1 Å². The Kier molecular flexibility index (Phi) is 7.98. The highest BCUT2D eigenvalue weighted by atomic mass is 32.2. The molecule has 1 aromatic carbocycles. The first kappa shape index (κ1) is 21.6. The molecule has 0 spiro atoms. The Hall–Kier alpha value is -1.73. The van der Waals surface area contributed by atoms with Crippen LogP contribution in [0.5, 0.6) is 0 Å². The van der Waals surface area contributed by atoms with Crippen molar-refractivity contribution in [2.75, 3.05) is 19.6 Å². The normalized spacial score (nSPS) is 16.2. The van der Waals surface area contributed by atoms with E-state index < -0.39 is 10.0 Å². The van der Waals surface area contributed by atoms with Gasteiger partial charge in [-0.05, 0) is 38.3 Å². The van der Waals surface area contributed by atoms with Crippen LogP contribution in [0.25, 0.3) is 0 Å². The quantitative estimate of drug-likeness (QED) is 0.515. The summed E-state index contributed by atoms with van der Waals surface area (Å²) in [5.41, 5.74) is 0.383. The molecule has 1 aromatic rings. The van der Waals surface area contributed by atoms with E-state index in [4.69, 9.17) is 0 Å². The minimum absolute atomic E-state index is 0.0297. The monoisotopic (exact) mass is 394 g/mol. The van der Waals surface area contributed by atoms with Crippen molar-refractivity contribution in [2.24, 2.45) is 5.92 Å². The first-order chi connectivity index (χ1) is 12.9. The lowest BCUT2D eigenvalue weighted by Crippen LogP contribution is -2.43. The van der Waals surface area contributed by atoms with Crippen LogP contribution < -0.4 is 5.32 Å². The van der Waals surface area contributed by atoms with E-state index in [0.29, 0.717) is 38.0 Å². The average molecular weight is 395 g/mol. The molecular weight excluding hydrogens is 364 g/mol. The zero-order chi connectivity index (χ0) is 19.9. The summed E-state index contributed by atoms with van der Waals surface area (Å²) in [5, 5.41) is 2.97. The Morgan fingerprint density at radius 2 is 1.85 bits per heavy atom. The van der Waals surface area contributed by atoms with Gasteiger partial charge in [-0.1, -0.05) is 38.3 Å². The Labute approximate surface area is 162 Å². The number of ketones is 1. The zero-order valence-corrected chi connectivity index (χ0v) is 17.1. The van der Waals surface area contributed by atoms with Crippen molar-refractivity contribution >= 4 is 21.7 Å². The molecule has 1 fully saturated rings. The molecule has 2 rings (SSSR count). The summed E-state index contributed by atoms with van der Waals surface area (Å²) in [6, 6.07) is 6.13. The maximum atomic E-state index is 12.8. The summed E-state index contributed by atoms with van der Waals surface area (Å²) in [5.74, 6) is -0.269. The van der Waals surface area contributed by atoms with Crippen molar-refractivity contribution in [1.82, 2.24) is 9.62 Å². The maximum absolute atomic E-state index is 12.8. The van der Waals surface area contributed by atoms with Crippen LogP contribution in [0.4, 0.5) is 0 Å². The zero-order valence-electron chi connectivity index (χ0n) is 16.2. The summed E-state index contributed by atoms with van der Waals surface area (Å²) in [7, 11) is -3.65. The summed E-state index contributed by atoms with van der Waals surface area (Å²) >= 11 is 0. The van der Waals surface area contributed by atoms with Gasteiger partial charge in [-0.3, -0.25) is 9.59 Å². The van der Waals surface area contributed by atoms with Gasteiger partial charge in [0.15, 0.2) is 5.78 Å². The second-order valence-electron chi connectivity index (χ2n) is 7.11. The number of carbonyl (C=O) groups excluding carboxylic acids is 2. The third kappa shape index (κ3) is 5.87. The van der Waals surface area contributed by atoms with Crippen LogP contribution in [0, 0.1) is 5.92 Å². The maximum Gasteiger partial charge on any atom is 0.243 e. The van der Waals surface area contributed by atoms with Gasteiger partial charge >= 0.3 is 0 Å². The van der Waals surface area contributed by atoms with Gasteiger partial charge < -0.3 is 5.32 Å². The molecule has 0 radical (unpaired) electrons. The van der Waals surface area contributed by atoms with Crippen LogP contribution >= 0.6 is 0 Å². The smallest absolute Gasteiger partial charge is 0.243 e. The number of piperidine rings is 1. The van der Waals surface area contributed by atoms with E-state index in [1.165, 1.54) is 29.8 Å². The van der Waals surface area contributed by atoms with Crippen LogP contribution in [-0.4, -0.2) is 44.0 Å². The molecule has 0 saturated carbocycles. The molecule has 1 N–H and O–H groups in total. The third-order valence-corrected chi connectivity index (χ3v) is 6.93. The molecule has 0 aromatic heterocycles. The van der Waals surface area contributed by atoms with Crippen molar-refractivity contribution < 1.29 is 18.0 Å². The fourth-order valence-corrected chi connectivity index (χ4v) is 4.81. The molecular formula is C20H30N2O4S. The van der Waals surface area contributed by atoms with Crippen molar-refractivity contribution in [3.05, 3.63) is 29.8 Å². The van der Waals surface area contributed by atoms with Gasteiger partial charge in [-0.2, -0.15) is 4.31 Å². The molecule has 0 unspecified atom stereocenters. The first-order valence-electron chi connectivity index (χ1n) is 9.75. The van der Waals surface area contributed by atoms with Gasteiger partial charge in [-0.15, -0.1) is 0 Å². The van der Waals surface area contributed by atoms with Crippen LogP contribution in [0.1, 0.15) is 62.7 Å². The molecule has 1 aliphatic rings. The van der Waals surface area contributed by atoms with E-state index in [9.17, 15) is 18.0 Å². The number of nitrogens with one attached hydrogen (secondary N) is 1. The predicted octanol–water partition coefficient (Wildman–Crippen LogP) is 2.99. The summed E-state index contributed by atoms with van der Waals surface area (Å²) in [6.45, 7) is 4.89. The number of benzene rings is 1. The van der Waals surface area contributed by atoms with Gasteiger partial charge in [0.1, 0.15) is 0 Å². The Morgan fingerprint density at radius 3 is 2.48 bits per heavy atom. The largest absolute Gasteiger partial charge is 0.356 e.